The molecular formula is C16H32O2. The van der Waals surface area contributed by atoms with E-state index in [2.05, 4.69) is 55.4 Å². The first-order chi connectivity index (χ1) is 7.87. The second kappa shape index (κ2) is 4.79. The van der Waals surface area contributed by atoms with Crippen molar-refractivity contribution in [3.8, 4) is 0 Å². The van der Waals surface area contributed by atoms with E-state index in [0.717, 1.165) is 12.8 Å². The highest BCUT2D eigenvalue weighted by Crippen LogP contribution is 2.39. The maximum absolute atomic E-state index is 6.39. The number of hydrogen-bond acceptors (Lipinski definition) is 2. The van der Waals surface area contributed by atoms with Gasteiger partial charge in [-0.05, 0) is 68.2 Å². The van der Waals surface area contributed by atoms with Gasteiger partial charge in [-0.25, -0.2) is 0 Å². The monoisotopic (exact) mass is 256 g/mol. The molecule has 1 aliphatic rings. The number of hydrogen-bond donors (Lipinski definition) is 0. The molecule has 0 spiro atoms. The van der Waals surface area contributed by atoms with Crippen LogP contribution in [0.3, 0.4) is 0 Å². The lowest BCUT2D eigenvalue weighted by molar-refractivity contribution is -0.257. The Balaban J connectivity index is 3.00. The van der Waals surface area contributed by atoms with Gasteiger partial charge >= 0.3 is 0 Å². The van der Waals surface area contributed by atoms with Crippen molar-refractivity contribution in [3.63, 3.8) is 0 Å². The predicted molar refractivity (Wildman–Crippen MR) is 77.0 cm³/mol. The van der Waals surface area contributed by atoms with Gasteiger partial charge in [0.15, 0.2) is 0 Å². The van der Waals surface area contributed by atoms with Crippen LogP contribution < -0.4 is 0 Å². The van der Waals surface area contributed by atoms with Gasteiger partial charge in [-0.2, -0.15) is 0 Å². The topological polar surface area (TPSA) is 18.5 Å². The minimum absolute atomic E-state index is 0.0778. The van der Waals surface area contributed by atoms with Crippen molar-refractivity contribution in [2.45, 2.75) is 103 Å². The van der Waals surface area contributed by atoms with Crippen molar-refractivity contribution >= 4 is 0 Å². The van der Waals surface area contributed by atoms with Crippen molar-refractivity contribution in [1.29, 1.82) is 0 Å². The van der Waals surface area contributed by atoms with E-state index in [1.54, 1.807) is 0 Å². The Bertz CT molecular complexity index is 257. The molecule has 0 saturated carbocycles. The second-order valence-corrected chi connectivity index (χ2v) is 7.95. The highest BCUT2D eigenvalue weighted by molar-refractivity contribution is 4.95. The third-order valence-electron chi connectivity index (χ3n) is 4.32. The Kier molecular flexibility index (Phi) is 4.25. The van der Waals surface area contributed by atoms with Crippen molar-refractivity contribution in [3.05, 3.63) is 0 Å². The first-order valence-electron chi connectivity index (χ1n) is 7.27. The smallest absolute Gasteiger partial charge is 0.0916 e. The van der Waals surface area contributed by atoms with Gasteiger partial charge in [0, 0.05) is 0 Å². The molecule has 108 valence electrons. The summed E-state index contributed by atoms with van der Waals surface area (Å²) in [7, 11) is 0. The molecule has 1 fully saturated rings. The maximum atomic E-state index is 6.39. The van der Waals surface area contributed by atoms with Crippen molar-refractivity contribution < 1.29 is 9.47 Å². The summed E-state index contributed by atoms with van der Waals surface area (Å²) in [5, 5.41) is 0. The molecule has 0 radical (unpaired) electrons. The normalized spacial score (nSPS) is 30.7. The molecule has 1 aliphatic heterocycles. The van der Waals surface area contributed by atoms with Crippen LogP contribution in [0.15, 0.2) is 0 Å². The molecule has 1 saturated heterocycles. The summed E-state index contributed by atoms with van der Waals surface area (Å²) in [5.74, 6) is 0. The number of ether oxygens (including phenoxy) is 2. The molecule has 1 heterocycles. The molecule has 0 aromatic rings. The Morgan fingerprint density at radius 2 is 0.833 bits per heavy atom. The van der Waals surface area contributed by atoms with Gasteiger partial charge in [0.05, 0.1) is 22.4 Å². The molecule has 0 aromatic carbocycles. The van der Waals surface area contributed by atoms with Crippen LogP contribution in [0.1, 0.15) is 81.1 Å². The molecule has 2 nitrogen and oxygen atoms in total. The summed E-state index contributed by atoms with van der Waals surface area (Å²) >= 11 is 0. The second-order valence-electron chi connectivity index (χ2n) is 7.95. The third-order valence-corrected chi connectivity index (χ3v) is 4.32. The Morgan fingerprint density at radius 3 is 1.11 bits per heavy atom. The van der Waals surface area contributed by atoms with E-state index in [-0.39, 0.29) is 22.4 Å². The van der Waals surface area contributed by atoms with Crippen LogP contribution in [0, 0.1) is 0 Å². The largest absolute Gasteiger partial charge is 0.367 e. The van der Waals surface area contributed by atoms with Crippen LogP contribution in [0.5, 0.6) is 0 Å². The Morgan fingerprint density at radius 1 is 0.556 bits per heavy atom. The molecule has 18 heavy (non-hydrogen) atoms. The highest BCUT2D eigenvalue weighted by Gasteiger charge is 2.46. The summed E-state index contributed by atoms with van der Waals surface area (Å²) in [6.07, 6.45) is 4.64. The summed E-state index contributed by atoms with van der Waals surface area (Å²) < 4.78 is 12.8. The van der Waals surface area contributed by atoms with E-state index >= 15 is 0 Å². The fourth-order valence-electron chi connectivity index (χ4n) is 2.83. The Hall–Kier alpha value is -0.0800. The zero-order chi connectivity index (χ0) is 14.2. The van der Waals surface area contributed by atoms with E-state index in [1.807, 2.05) is 0 Å². The van der Waals surface area contributed by atoms with Crippen LogP contribution in [0.25, 0.3) is 0 Å². The zero-order valence-corrected chi connectivity index (χ0v) is 13.6. The van der Waals surface area contributed by atoms with Crippen molar-refractivity contribution in [1.82, 2.24) is 0 Å². The fourth-order valence-corrected chi connectivity index (χ4v) is 2.83. The van der Waals surface area contributed by atoms with E-state index < -0.39 is 0 Å². The average molecular weight is 256 g/mol. The van der Waals surface area contributed by atoms with Gasteiger partial charge in [0.1, 0.15) is 0 Å². The van der Waals surface area contributed by atoms with Gasteiger partial charge in [-0.3, -0.25) is 0 Å². The first-order valence-corrected chi connectivity index (χ1v) is 7.27. The maximum Gasteiger partial charge on any atom is 0.0916 e. The summed E-state index contributed by atoms with van der Waals surface area (Å²) in [6, 6.07) is 0. The van der Waals surface area contributed by atoms with Gasteiger partial charge in [0.2, 0.25) is 0 Å². The van der Waals surface area contributed by atoms with Crippen LogP contribution >= 0.6 is 0 Å². The van der Waals surface area contributed by atoms with Gasteiger partial charge in [0.25, 0.3) is 0 Å². The molecule has 0 atom stereocenters. The molecule has 2 heteroatoms. The molecule has 0 amide bonds. The number of rotatable bonds is 0. The van der Waals surface area contributed by atoms with E-state index in [0.29, 0.717) is 0 Å². The Labute approximate surface area is 113 Å². The lowest BCUT2D eigenvalue weighted by Gasteiger charge is -2.50. The lowest BCUT2D eigenvalue weighted by Crippen LogP contribution is -2.56. The standard InChI is InChI=1S/C16H32O2/c1-13(2)11-9-10-12-14(3,4)18-16(7,8)15(5,6)17-13/h9-12H2,1-8H3. The molecule has 0 N–H and O–H groups in total. The molecule has 1 rings (SSSR count). The predicted octanol–water partition coefficient (Wildman–Crippen LogP) is 4.71. The third kappa shape index (κ3) is 3.96. The summed E-state index contributed by atoms with van der Waals surface area (Å²) in [5.41, 5.74) is -0.757. The van der Waals surface area contributed by atoms with E-state index in [4.69, 9.17) is 9.47 Å². The molecular weight excluding hydrogens is 224 g/mol. The van der Waals surface area contributed by atoms with E-state index in [9.17, 15) is 0 Å². The van der Waals surface area contributed by atoms with Crippen LogP contribution in [0.4, 0.5) is 0 Å². The van der Waals surface area contributed by atoms with E-state index in [1.165, 1.54) is 12.8 Å². The molecule has 0 aromatic heterocycles. The highest BCUT2D eigenvalue weighted by atomic mass is 16.6. The van der Waals surface area contributed by atoms with Gasteiger partial charge in [-0.1, -0.05) is 12.8 Å². The van der Waals surface area contributed by atoms with Gasteiger partial charge < -0.3 is 9.47 Å². The zero-order valence-electron chi connectivity index (χ0n) is 13.6. The molecule has 0 aliphatic carbocycles. The average Bonchev–Trinajstić information content (AvgIpc) is 2.07. The quantitative estimate of drug-likeness (QED) is 0.625. The SMILES string of the molecule is CC1(C)CCCCC(C)(C)OC(C)(C)C(C)(C)O1. The van der Waals surface area contributed by atoms with Crippen molar-refractivity contribution in [2.75, 3.05) is 0 Å². The fraction of sp³-hybridized carbons (Fsp3) is 1.00. The van der Waals surface area contributed by atoms with Crippen LogP contribution in [-0.2, 0) is 9.47 Å². The summed E-state index contributed by atoms with van der Waals surface area (Å²) in [4.78, 5) is 0. The minimum Gasteiger partial charge on any atom is -0.367 e. The van der Waals surface area contributed by atoms with Crippen LogP contribution in [-0.4, -0.2) is 22.4 Å². The van der Waals surface area contributed by atoms with Gasteiger partial charge in [-0.15, -0.1) is 0 Å². The summed E-state index contributed by atoms with van der Waals surface area (Å²) in [6.45, 7) is 17.3. The van der Waals surface area contributed by atoms with Crippen molar-refractivity contribution in [2.24, 2.45) is 0 Å². The molecule has 0 bridgehead atoms. The molecule has 0 unspecified atom stereocenters. The minimum atomic E-state index is -0.300. The van der Waals surface area contributed by atoms with Crippen LogP contribution in [0.2, 0.25) is 0 Å². The first kappa shape index (κ1) is 16.0. The lowest BCUT2D eigenvalue weighted by atomic mass is 9.84.